The Morgan fingerprint density at radius 2 is 1.94 bits per heavy atom. The van der Waals surface area contributed by atoms with Gasteiger partial charge in [0.15, 0.2) is 0 Å². The van der Waals surface area contributed by atoms with Crippen molar-refractivity contribution in [2.24, 2.45) is 5.73 Å². The van der Waals surface area contributed by atoms with E-state index in [2.05, 4.69) is 0 Å². The first kappa shape index (κ1) is 13.6. The van der Waals surface area contributed by atoms with Gasteiger partial charge >= 0.3 is 0 Å². The fourth-order valence-electron chi connectivity index (χ4n) is 1.51. The Kier molecular flexibility index (Phi) is 5.03. The van der Waals surface area contributed by atoms with E-state index in [4.69, 9.17) is 5.73 Å². The molecule has 0 aromatic heterocycles. The van der Waals surface area contributed by atoms with Crippen LogP contribution in [0.25, 0.3) is 0 Å². The van der Waals surface area contributed by atoms with Crippen molar-refractivity contribution in [3.8, 4) is 0 Å². The van der Waals surface area contributed by atoms with Crippen molar-refractivity contribution in [1.29, 1.82) is 0 Å². The Labute approximate surface area is 99.2 Å². The van der Waals surface area contributed by atoms with Crippen LogP contribution >= 0.6 is 0 Å². The highest BCUT2D eigenvalue weighted by Crippen LogP contribution is 2.07. The standard InChI is InChI=1S/C12H16F2N2O/c1-16(8-9-5-3-2-4-6-9)12(17)10(15)7-11(13)14/h2-6,10-11H,7-8,15H2,1H3. The molecule has 0 radical (unpaired) electrons. The molecule has 1 aromatic carbocycles. The molecule has 94 valence electrons. The first-order valence-electron chi connectivity index (χ1n) is 5.33. The van der Waals surface area contributed by atoms with Crippen molar-refractivity contribution >= 4 is 5.91 Å². The Balaban J connectivity index is 2.52. The minimum Gasteiger partial charge on any atom is -0.340 e. The summed E-state index contributed by atoms with van der Waals surface area (Å²) in [5.74, 6) is -0.464. The summed E-state index contributed by atoms with van der Waals surface area (Å²) in [5.41, 5.74) is 6.34. The zero-order chi connectivity index (χ0) is 12.8. The van der Waals surface area contributed by atoms with E-state index in [-0.39, 0.29) is 0 Å². The van der Waals surface area contributed by atoms with Gasteiger partial charge in [0.05, 0.1) is 6.04 Å². The molecular formula is C12H16F2N2O. The first-order chi connectivity index (χ1) is 8.00. The zero-order valence-corrected chi connectivity index (χ0v) is 9.64. The maximum Gasteiger partial charge on any atom is 0.240 e. The number of amides is 1. The van der Waals surface area contributed by atoms with E-state index in [0.29, 0.717) is 6.54 Å². The van der Waals surface area contributed by atoms with Crippen LogP contribution < -0.4 is 5.73 Å². The summed E-state index contributed by atoms with van der Waals surface area (Å²) in [6.07, 6.45) is -3.16. The SMILES string of the molecule is CN(Cc1ccccc1)C(=O)C(N)CC(F)F. The molecular weight excluding hydrogens is 226 g/mol. The fourth-order valence-corrected chi connectivity index (χ4v) is 1.51. The number of nitrogens with two attached hydrogens (primary N) is 1. The van der Waals surface area contributed by atoms with Crippen LogP contribution in [-0.2, 0) is 11.3 Å². The molecule has 0 saturated heterocycles. The van der Waals surface area contributed by atoms with Crippen LogP contribution in [0.3, 0.4) is 0 Å². The van der Waals surface area contributed by atoms with Crippen LogP contribution in [0.1, 0.15) is 12.0 Å². The average molecular weight is 242 g/mol. The van der Waals surface area contributed by atoms with Crippen molar-refractivity contribution in [1.82, 2.24) is 4.90 Å². The van der Waals surface area contributed by atoms with E-state index in [1.165, 1.54) is 4.90 Å². The number of hydrogen-bond acceptors (Lipinski definition) is 2. The quantitative estimate of drug-likeness (QED) is 0.853. The highest BCUT2D eigenvalue weighted by Gasteiger charge is 2.21. The molecule has 0 aliphatic heterocycles. The van der Waals surface area contributed by atoms with Gasteiger partial charge in [0.25, 0.3) is 0 Å². The number of halogens is 2. The molecule has 0 aliphatic rings. The lowest BCUT2D eigenvalue weighted by atomic mass is 10.1. The third-order valence-electron chi connectivity index (χ3n) is 2.39. The largest absolute Gasteiger partial charge is 0.340 e. The fraction of sp³-hybridized carbons (Fsp3) is 0.417. The Hall–Kier alpha value is -1.49. The van der Waals surface area contributed by atoms with E-state index >= 15 is 0 Å². The van der Waals surface area contributed by atoms with Crippen LogP contribution in [-0.4, -0.2) is 30.3 Å². The molecule has 0 aliphatic carbocycles. The summed E-state index contributed by atoms with van der Waals surface area (Å²) in [4.78, 5) is 13.0. The van der Waals surface area contributed by atoms with Gasteiger partial charge in [-0.25, -0.2) is 8.78 Å². The van der Waals surface area contributed by atoms with E-state index in [9.17, 15) is 13.6 Å². The van der Waals surface area contributed by atoms with Crippen LogP contribution in [0.4, 0.5) is 8.78 Å². The molecule has 0 heterocycles. The van der Waals surface area contributed by atoms with Crippen LogP contribution in [0.15, 0.2) is 30.3 Å². The van der Waals surface area contributed by atoms with Crippen LogP contribution in [0.5, 0.6) is 0 Å². The van der Waals surface area contributed by atoms with E-state index in [0.717, 1.165) is 5.56 Å². The number of carbonyl (C=O) groups excluding carboxylic acids is 1. The predicted molar refractivity (Wildman–Crippen MR) is 61.5 cm³/mol. The molecule has 2 N–H and O–H groups in total. The lowest BCUT2D eigenvalue weighted by Crippen LogP contribution is -2.42. The first-order valence-corrected chi connectivity index (χ1v) is 5.33. The van der Waals surface area contributed by atoms with Gasteiger partial charge in [-0.05, 0) is 5.56 Å². The molecule has 0 saturated carbocycles. The van der Waals surface area contributed by atoms with Crippen molar-refractivity contribution in [2.45, 2.75) is 25.4 Å². The number of nitrogens with zero attached hydrogens (tertiary/aromatic N) is 1. The molecule has 0 bridgehead atoms. The van der Waals surface area contributed by atoms with Gasteiger partial charge in [0, 0.05) is 20.0 Å². The minimum atomic E-state index is -2.56. The second-order valence-electron chi connectivity index (χ2n) is 3.91. The molecule has 1 unspecified atom stereocenters. The lowest BCUT2D eigenvalue weighted by molar-refractivity contribution is -0.132. The Bertz CT molecular complexity index is 357. The molecule has 5 heteroatoms. The smallest absolute Gasteiger partial charge is 0.240 e. The monoisotopic (exact) mass is 242 g/mol. The van der Waals surface area contributed by atoms with E-state index in [1.54, 1.807) is 7.05 Å². The van der Waals surface area contributed by atoms with Gasteiger partial charge < -0.3 is 10.6 Å². The number of hydrogen-bond donors (Lipinski definition) is 1. The zero-order valence-electron chi connectivity index (χ0n) is 9.64. The molecule has 17 heavy (non-hydrogen) atoms. The molecule has 0 fully saturated rings. The summed E-state index contributed by atoms with van der Waals surface area (Å²) in [7, 11) is 1.56. The third kappa shape index (κ3) is 4.48. The molecule has 0 spiro atoms. The summed E-state index contributed by atoms with van der Waals surface area (Å²) < 4.78 is 24.2. The second kappa shape index (κ2) is 6.30. The maximum atomic E-state index is 12.1. The van der Waals surface area contributed by atoms with E-state index < -0.39 is 24.8 Å². The van der Waals surface area contributed by atoms with Gasteiger partial charge in [-0.2, -0.15) is 0 Å². The number of benzene rings is 1. The topological polar surface area (TPSA) is 46.3 Å². The maximum absolute atomic E-state index is 12.1. The van der Waals surface area contributed by atoms with Gasteiger partial charge in [-0.15, -0.1) is 0 Å². The van der Waals surface area contributed by atoms with Gasteiger partial charge in [-0.1, -0.05) is 30.3 Å². The summed E-state index contributed by atoms with van der Waals surface area (Å²) in [6, 6.07) is 8.17. The van der Waals surface area contributed by atoms with Crippen molar-refractivity contribution < 1.29 is 13.6 Å². The molecule has 3 nitrogen and oxygen atoms in total. The Morgan fingerprint density at radius 3 is 2.47 bits per heavy atom. The number of carbonyl (C=O) groups is 1. The Morgan fingerprint density at radius 1 is 1.35 bits per heavy atom. The number of alkyl halides is 2. The highest BCUT2D eigenvalue weighted by atomic mass is 19.3. The van der Waals surface area contributed by atoms with E-state index in [1.807, 2.05) is 30.3 Å². The van der Waals surface area contributed by atoms with Crippen LogP contribution in [0, 0.1) is 0 Å². The highest BCUT2D eigenvalue weighted by molar-refractivity contribution is 5.81. The summed E-state index contributed by atoms with van der Waals surface area (Å²) in [6.45, 7) is 0.372. The molecule has 1 atom stereocenters. The van der Waals surface area contributed by atoms with Crippen molar-refractivity contribution in [3.63, 3.8) is 0 Å². The molecule has 1 amide bonds. The van der Waals surface area contributed by atoms with Crippen molar-refractivity contribution in [3.05, 3.63) is 35.9 Å². The van der Waals surface area contributed by atoms with Gasteiger partial charge in [-0.3, -0.25) is 4.79 Å². The third-order valence-corrected chi connectivity index (χ3v) is 2.39. The number of likely N-dealkylation sites (N-methyl/N-ethyl adjacent to an activating group) is 1. The normalized spacial score (nSPS) is 12.5. The van der Waals surface area contributed by atoms with Gasteiger partial charge in [0.2, 0.25) is 12.3 Å². The predicted octanol–water partition coefficient (Wildman–Crippen LogP) is 1.63. The average Bonchev–Trinajstić information content (AvgIpc) is 2.28. The summed E-state index contributed by atoms with van der Waals surface area (Å²) >= 11 is 0. The summed E-state index contributed by atoms with van der Waals surface area (Å²) in [5, 5.41) is 0. The van der Waals surface area contributed by atoms with Crippen molar-refractivity contribution in [2.75, 3.05) is 7.05 Å². The molecule has 1 aromatic rings. The second-order valence-corrected chi connectivity index (χ2v) is 3.91. The lowest BCUT2D eigenvalue weighted by Gasteiger charge is -2.21. The van der Waals surface area contributed by atoms with Crippen LogP contribution in [0.2, 0.25) is 0 Å². The minimum absolute atomic E-state index is 0.372. The number of rotatable bonds is 5. The van der Waals surface area contributed by atoms with Gasteiger partial charge in [0.1, 0.15) is 0 Å². The molecule has 1 rings (SSSR count).